The first kappa shape index (κ1) is 35.1. The Kier molecular flexibility index (Phi) is 10.4. The molecule has 3 aromatic rings. The molecular formula is C39H49F2N3O5. The quantitative estimate of drug-likeness (QED) is 0.259. The summed E-state index contributed by atoms with van der Waals surface area (Å²) in [5, 5.41) is 13.6. The van der Waals surface area contributed by atoms with Crippen LogP contribution in [0.1, 0.15) is 88.5 Å². The van der Waals surface area contributed by atoms with E-state index in [1.165, 1.54) is 24.3 Å². The fourth-order valence-corrected chi connectivity index (χ4v) is 8.77. The summed E-state index contributed by atoms with van der Waals surface area (Å²) in [6.07, 6.45) is 7.47. The van der Waals surface area contributed by atoms with Crippen LogP contribution in [0.3, 0.4) is 0 Å². The number of carboxylic acid groups (broad SMARTS) is 1. The van der Waals surface area contributed by atoms with Gasteiger partial charge in [-0.25, -0.2) is 13.6 Å². The number of amides is 2. The third-order valence-corrected chi connectivity index (χ3v) is 11.7. The molecule has 3 aliphatic rings. The molecule has 6 rings (SSSR count). The van der Waals surface area contributed by atoms with Crippen molar-refractivity contribution in [2.24, 2.45) is 17.8 Å². The number of benzene rings is 2. The summed E-state index contributed by atoms with van der Waals surface area (Å²) in [5.41, 5.74) is 2.15. The largest absolute Gasteiger partial charge is 0.481 e. The second kappa shape index (κ2) is 14.6. The molecule has 2 heterocycles. The molecule has 2 aromatic carbocycles. The zero-order valence-corrected chi connectivity index (χ0v) is 28.9. The Morgan fingerprint density at radius 3 is 2.27 bits per heavy atom. The minimum atomic E-state index is -0.987. The van der Waals surface area contributed by atoms with Gasteiger partial charge in [-0.3, -0.25) is 14.2 Å². The number of carbonyl (C=O) groups excluding carboxylic acids is 2. The highest BCUT2D eigenvalue weighted by molar-refractivity contribution is 5.96. The number of carbonyl (C=O) groups is 3. The van der Waals surface area contributed by atoms with Gasteiger partial charge < -0.3 is 20.1 Å². The molecule has 264 valence electrons. The number of hydrogen-bond acceptors (Lipinski definition) is 4. The Morgan fingerprint density at radius 1 is 0.959 bits per heavy atom. The lowest BCUT2D eigenvalue weighted by molar-refractivity contribution is -0.143. The van der Waals surface area contributed by atoms with Gasteiger partial charge in [-0.1, -0.05) is 19.1 Å². The molecule has 1 aromatic heterocycles. The van der Waals surface area contributed by atoms with Gasteiger partial charge in [0.25, 0.3) is 0 Å². The summed E-state index contributed by atoms with van der Waals surface area (Å²) in [7, 11) is 0. The molecule has 0 spiro atoms. The highest BCUT2D eigenvalue weighted by Gasteiger charge is 2.46. The first-order chi connectivity index (χ1) is 23.5. The first-order valence-corrected chi connectivity index (χ1v) is 18.0. The van der Waals surface area contributed by atoms with Crippen molar-refractivity contribution in [2.75, 3.05) is 19.7 Å². The van der Waals surface area contributed by atoms with E-state index in [1.807, 2.05) is 20.8 Å². The van der Waals surface area contributed by atoms with Gasteiger partial charge in [0.2, 0.25) is 5.91 Å². The zero-order valence-electron chi connectivity index (χ0n) is 28.9. The van der Waals surface area contributed by atoms with Crippen LogP contribution >= 0.6 is 0 Å². The summed E-state index contributed by atoms with van der Waals surface area (Å²) >= 11 is 0. The van der Waals surface area contributed by atoms with Crippen LogP contribution in [-0.2, 0) is 26.2 Å². The van der Waals surface area contributed by atoms with Crippen LogP contribution in [0.15, 0.2) is 42.5 Å². The van der Waals surface area contributed by atoms with Crippen molar-refractivity contribution in [1.29, 1.82) is 0 Å². The lowest BCUT2D eigenvalue weighted by atomic mass is 9.71. The van der Waals surface area contributed by atoms with Crippen LogP contribution < -0.4 is 5.32 Å². The molecule has 0 radical (unpaired) electrons. The number of hydrogen-bond donors (Lipinski definition) is 2. The Morgan fingerprint density at radius 2 is 1.63 bits per heavy atom. The van der Waals surface area contributed by atoms with Crippen LogP contribution in [0.4, 0.5) is 13.6 Å². The van der Waals surface area contributed by atoms with E-state index in [-0.39, 0.29) is 37.0 Å². The predicted octanol–water partition coefficient (Wildman–Crippen LogP) is 7.37. The molecule has 3 fully saturated rings. The van der Waals surface area contributed by atoms with Crippen molar-refractivity contribution in [3.63, 3.8) is 0 Å². The Labute approximate surface area is 287 Å². The van der Waals surface area contributed by atoms with Gasteiger partial charge in [-0.2, -0.15) is 0 Å². The highest BCUT2D eigenvalue weighted by Crippen LogP contribution is 2.39. The van der Waals surface area contributed by atoms with Crippen molar-refractivity contribution in [3.05, 3.63) is 70.9 Å². The molecule has 3 atom stereocenters. The summed E-state index contributed by atoms with van der Waals surface area (Å²) in [6.45, 7) is 7.23. The maximum Gasteiger partial charge on any atom is 0.328 e. The number of likely N-dealkylation sites (tertiary alicyclic amines) is 1. The van der Waals surface area contributed by atoms with Gasteiger partial charge in [-0.15, -0.1) is 0 Å². The molecule has 0 bridgehead atoms. The van der Waals surface area contributed by atoms with Crippen molar-refractivity contribution >= 4 is 28.8 Å². The van der Waals surface area contributed by atoms with Gasteiger partial charge in [0.15, 0.2) is 0 Å². The fraction of sp³-hybridized carbons (Fsp3) is 0.564. The number of piperidine rings is 1. The van der Waals surface area contributed by atoms with Gasteiger partial charge in [0.1, 0.15) is 11.6 Å². The standard InChI is InChI=1S/C39H49F2N3O5/c1-4-49-31-13-5-26(6-14-31)22-33-25(3)44(35-23-30(41)12-15-32(33)35)38(48)43-19-17-39(18-20-43,28-8-10-29(40)11-9-28)37(47)42-34-16-7-27(36(45)46)21-24(34)2/h8-12,15,23-24,26-27,31,34H,4-7,13-14,16-22H2,1-3H3,(H,42,47)(H,45,46)/t24-,26?,27-,31?,34-/m0/s1. The summed E-state index contributed by atoms with van der Waals surface area (Å²) < 4.78 is 36.2. The monoisotopic (exact) mass is 677 g/mol. The molecule has 1 aliphatic heterocycles. The van der Waals surface area contributed by atoms with E-state index in [0.29, 0.717) is 55.2 Å². The molecule has 2 saturated carbocycles. The highest BCUT2D eigenvalue weighted by atomic mass is 19.1. The minimum Gasteiger partial charge on any atom is -0.481 e. The Hall–Kier alpha value is -3.79. The normalized spacial score (nSPS) is 25.7. The summed E-state index contributed by atoms with van der Waals surface area (Å²) in [5.74, 6) is -1.75. The number of rotatable bonds is 8. The van der Waals surface area contributed by atoms with E-state index >= 15 is 0 Å². The van der Waals surface area contributed by atoms with E-state index in [9.17, 15) is 28.3 Å². The first-order valence-electron chi connectivity index (χ1n) is 18.0. The minimum absolute atomic E-state index is 0.00923. The van der Waals surface area contributed by atoms with E-state index in [1.54, 1.807) is 27.7 Å². The molecule has 2 N–H and O–H groups in total. The van der Waals surface area contributed by atoms with E-state index in [4.69, 9.17) is 4.74 Å². The predicted molar refractivity (Wildman–Crippen MR) is 183 cm³/mol. The number of aliphatic carboxylic acids is 1. The van der Waals surface area contributed by atoms with Crippen molar-refractivity contribution < 1.29 is 33.0 Å². The van der Waals surface area contributed by atoms with E-state index in [2.05, 4.69) is 5.32 Å². The second-order valence-electron chi connectivity index (χ2n) is 14.6. The third kappa shape index (κ3) is 7.12. The second-order valence-corrected chi connectivity index (χ2v) is 14.6. The Balaban J connectivity index is 1.22. The van der Waals surface area contributed by atoms with Crippen LogP contribution in [0.25, 0.3) is 10.9 Å². The topological polar surface area (TPSA) is 101 Å². The third-order valence-electron chi connectivity index (χ3n) is 11.7. The van der Waals surface area contributed by atoms with Gasteiger partial charge in [-0.05, 0) is 131 Å². The number of nitrogens with zero attached hydrogens (tertiary/aromatic N) is 2. The van der Waals surface area contributed by atoms with Crippen molar-refractivity contribution in [3.8, 4) is 0 Å². The van der Waals surface area contributed by atoms with Crippen molar-refractivity contribution in [2.45, 2.75) is 103 Å². The molecule has 8 nitrogen and oxygen atoms in total. The molecular weight excluding hydrogens is 628 g/mol. The van der Waals surface area contributed by atoms with Gasteiger partial charge >= 0.3 is 12.0 Å². The summed E-state index contributed by atoms with van der Waals surface area (Å²) in [6, 6.07) is 10.3. The van der Waals surface area contributed by atoms with Crippen LogP contribution in [-0.4, -0.2) is 64.3 Å². The molecule has 49 heavy (non-hydrogen) atoms. The van der Waals surface area contributed by atoms with Crippen LogP contribution in [0.5, 0.6) is 0 Å². The molecule has 2 amide bonds. The van der Waals surface area contributed by atoms with Gasteiger partial charge in [0.05, 0.1) is 23.0 Å². The van der Waals surface area contributed by atoms with E-state index < -0.39 is 28.9 Å². The number of ether oxygens (including phenoxy) is 1. The smallest absolute Gasteiger partial charge is 0.328 e. The Bertz CT molecular complexity index is 1670. The summed E-state index contributed by atoms with van der Waals surface area (Å²) in [4.78, 5) is 41.9. The zero-order chi connectivity index (χ0) is 34.9. The fourth-order valence-electron chi connectivity index (χ4n) is 8.77. The molecule has 10 heteroatoms. The molecule has 0 unspecified atom stereocenters. The lowest BCUT2D eigenvalue weighted by Gasteiger charge is -2.43. The number of aromatic nitrogens is 1. The van der Waals surface area contributed by atoms with Crippen LogP contribution in [0.2, 0.25) is 0 Å². The average molecular weight is 678 g/mol. The lowest BCUT2D eigenvalue weighted by Crippen LogP contribution is -2.56. The number of nitrogens with one attached hydrogen (secondary N) is 1. The van der Waals surface area contributed by atoms with E-state index in [0.717, 1.165) is 55.4 Å². The number of carboxylic acids is 1. The SMILES string of the molecule is CCOC1CCC(Cc2c(C)n(C(=O)N3CCC(C(=O)N[C@H]4CC[C@H](C(=O)O)C[C@@H]4C)(c4ccc(F)cc4)CC3)c3cc(F)ccc23)CC1. The maximum absolute atomic E-state index is 14.7. The molecule has 1 saturated heterocycles. The number of fused-ring (bicyclic) bond motifs is 1. The van der Waals surface area contributed by atoms with Gasteiger partial charge in [0, 0.05) is 36.8 Å². The molecule has 2 aliphatic carbocycles. The maximum atomic E-state index is 14.7. The number of halogens is 2. The van der Waals surface area contributed by atoms with Crippen LogP contribution in [0, 0.1) is 36.3 Å². The van der Waals surface area contributed by atoms with Crippen molar-refractivity contribution in [1.82, 2.24) is 14.8 Å². The average Bonchev–Trinajstić information content (AvgIpc) is 3.35.